The summed E-state index contributed by atoms with van der Waals surface area (Å²) in [6.45, 7) is 6.11. The molecular formula is C9H16N2O4S. The smallest absolute Gasteiger partial charge is 0.265 e. The molecule has 1 aromatic rings. The van der Waals surface area contributed by atoms with Gasteiger partial charge in [0, 0.05) is 13.3 Å². The average Bonchev–Trinajstić information content (AvgIpc) is 2.46. The van der Waals surface area contributed by atoms with Gasteiger partial charge in [0.2, 0.25) is 0 Å². The minimum atomic E-state index is -3.85. The molecular weight excluding hydrogens is 232 g/mol. The van der Waals surface area contributed by atoms with Crippen LogP contribution < -0.4 is 4.57 Å². The van der Waals surface area contributed by atoms with Crippen molar-refractivity contribution in [2.75, 3.05) is 5.75 Å². The second-order valence-electron chi connectivity index (χ2n) is 3.27. The molecule has 16 heavy (non-hydrogen) atoms. The molecule has 0 aromatic carbocycles. The van der Waals surface area contributed by atoms with Crippen molar-refractivity contribution in [2.24, 2.45) is 0 Å². The lowest BCUT2D eigenvalue weighted by Crippen LogP contribution is -2.36. The lowest BCUT2D eigenvalue weighted by Gasteiger charge is -1.98. The van der Waals surface area contributed by atoms with Crippen LogP contribution in [0.4, 0.5) is 0 Å². The summed E-state index contributed by atoms with van der Waals surface area (Å²) in [5.74, 6) is 0.763. The van der Waals surface area contributed by atoms with E-state index in [4.69, 9.17) is 4.55 Å². The first-order chi connectivity index (χ1) is 6.94. The molecule has 1 heterocycles. The van der Waals surface area contributed by atoms with Gasteiger partial charge in [0.1, 0.15) is 12.4 Å². The van der Waals surface area contributed by atoms with E-state index in [-0.39, 0.29) is 11.2 Å². The fraction of sp³-hybridized carbons (Fsp3) is 0.444. The Morgan fingerprint density at radius 2 is 2.25 bits per heavy atom. The first kappa shape index (κ1) is 14.8. The Hall–Kier alpha value is -1.18. The Labute approximate surface area is 94.9 Å². The van der Waals surface area contributed by atoms with E-state index in [1.54, 1.807) is 6.20 Å². The van der Waals surface area contributed by atoms with Gasteiger partial charge in [-0.1, -0.05) is 6.58 Å². The summed E-state index contributed by atoms with van der Waals surface area (Å²) in [4.78, 5) is 0. The van der Waals surface area contributed by atoms with Crippen LogP contribution in [0, 0.1) is 6.92 Å². The molecule has 6 nitrogen and oxygen atoms in total. The highest BCUT2D eigenvalue weighted by atomic mass is 32.2. The standard InChI is InChI=1S/C9H14N2O3S.H2O/c1-3-10-6-7-11(9(10)2)5-4-8-15(12,13)14;/h3,6-7H,1,4-5,8H2,2H3;1H2. The van der Waals surface area contributed by atoms with Crippen LogP contribution in [0.2, 0.25) is 0 Å². The number of nitrogens with zero attached hydrogens (tertiary/aromatic N) is 2. The van der Waals surface area contributed by atoms with Crippen molar-refractivity contribution in [3.8, 4) is 0 Å². The van der Waals surface area contributed by atoms with Crippen molar-refractivity contribution in [3.05, 3.63) is 24.8 Å². The Morgan fingerprint density at radius 1 is 1.62 bits per heavy atom. The monoisotopic (exact) mass is 248 g/mol. The molecule has 7 heteroatoms. The Morgan fingerprint density at radius 3 is 2.69 bits per heavy atom. The maximum atomic E-state index is 10.5. The van der Waals surface area contributed by atoms with Crippen molar-refractivity contribution in [1.82, 2.24) is 4.57 Å². The molecule has 0 unspecified atom stereocenters. The number of aryl methyl sites for hydroxylation is 1. The lowest BCUT2D eigenvalue weighted by atomic mass is 10.4. The molecule has 92 valence electrons. The zero-order chi connectivity index (χ0) is 11.5. The van der Waals surface area contributed by atoms with E-state index in [0.29, 0.717) is 13.0 Å². The molecule has 0 saturated heterocycles. The topological polar surface area (TPSA) is 93.2 Å². The molecule has 0 aliphatic carbocycles. The fourth-order valence-corrected chi connectivity index (χ4v) is 1.86. The van der Waals surface area contributed by atoms with E-state index >= 15 is 0 Å². The summed E-state index contributed by atoms with van der Waals surface area (Å²) < 4.78 is 33.3. The molecule has 0 aliphatic rings. The molecule has 1 aromatic heterocycles. The largest absolute Gasteiger partial charge is 0.870 e. The number of imidazole rings is 1. The van der Waals surface area contributed by atoms with Crippen molar-refractivity contribution in [3.63, 3.8) is 0 Å². The lowest BCUT2D eigenvalue weighted by molar-refractivity contribution is -0.701. The highest BCUT2D eigenvalue weighted by molar-refractivity contribution is 7.85. The summed E-state index contributed by atoms with van der Waals surface area (Å²) in [7, 11) is -3.85. The van der Waals surface area contributed by atoms with E-state index in [9.17, 15) is 8.42 Å². The van der Waals surface area contributed by atoms with E-state index < -0.39 is 10.1 Å². The first-order valence-corrected chi connectivity index (χ1v) is 6.19. The van der Waals surface area contributed by atoms with Crippen molar-refractivity contribution >= 4 is 16.3 Å². The fourth-order valence-electron chi connectivity index (χ4n) is 1.36. The van der Waals surface area contributed by atoms with Crippen LogP contribution >= 0.6 is 0 Å². The van der Waals surface area contributed by atoms with Gasteiger partial charge >= 0.3 is 0 Å². The second kappa shape index (κ2) is 5.78. The maximum Gasteiger partial charge on any atom is 0.265 e. The predicted octanol–water partition coefficient (Wildman–Crippen LogP) is 0.286. The third-order valence-corrected chi connectivity index (χ3v) is 3.00. The van der Waals surface area contributed by atoms with Crippen LogP contribution in [0.15, 0.2) is 19.0 Å². The van der Waals surface area contributed by atoms with Gasteiger partial charge in [-0.3, -0.25) is 4.55 Å². The molecule has 0 spiro atoms. The van der Waals surface area contributed by atoms with Gasteiger partial charge in [0.15, 0.2) is 0 Å². The third-order valence-electron chi connectivity index (χ3n) is 2.19. The minimum Gasteiger partial charge on any atom is -0.870 e. The average molecular weight is 248 g/mol. The van der Waals surface area contributed by atoms with E-state index in [1.165, 1.54) is 0 Å². The molecule has 0 fully saturated rings. The second-order valence-corrected chi connectivity index (χ2v) is 4.84. The predicted molar refractivity (Wildman–Crippen MR) is 58.7 cm³/mol. The van der Waals surface area contributed by atoms with Gasteiger partial charge in [0.25, 0.3) is 15.9 Å². The van der Waals surface area contributed by atoms with Crippen molar-refractivity contribution in [2.45, 2.75) is 19.9 Å². The van der Waals surface area contributed by atoms with Crippen LogP contribution in [0.25, 0.3) is 6.20 Å². The molecule has 0 amide bonds. The summed E-state index contributed by atoms with van der Waals surface area (Å²) >= 11 is 0. The number of aromatic nitrogens is 2. The summed E-state index contributed by atoms with van der Waals surface area (Å²) in [5.41, 5.74) is 0. The molecule has 2 N–H and O–H groups in total. The minimum absolute atomic E-state index is 0. The first-order valence-electron chi connectivity index (χ1n) is 4.58. The van der Waals surface area contributed by atoms with Gasteiger partial charge in [-0.15, -0.1) is 0 Å². The van der Waals surface area contributed by atoms with Gasteiger partial charge < -0.3 is 5.48 Å². The van der Waals surface area contributed by atoms with E-state index in [0.717, 1.165) is 5.82 Å². The van der Waals surface area contributed by atoms with Gasteiger partial charge in [-0.05, 0) is 0 Å². The SMILES string of the molecule is C=Cn1cc[n+](CCCS(=O)(=O)O)c1C.[OH-]. The molecule has 0 radical (unpaired) electrons. The highest BCUT2D eigenvalue weighted by Crippen LogP contribution is 1.95. The third kappa shape index (κ3) is 4.13. The molecule has 1 rings (SSSR count). The van der Waals surface area contributed by atoms with E-state index in [1.807, 2.05) is 28.5 Å². The zero-order valence-corrected chi connectivity index (χ0v) is 9.89. The van der Waals surface area contributed by atoms with Gasteiger partial charge in [0.05, 0.1) is 18.5 Å². The quantitative estimate of drug-likeness (QED) is 0.598. The maximum absolute atomic E-state index is 10.5. The summed E-state index contributed by atoms with van der Waals surface area (Å²) in [6.07, 6.45) is 5.76. The number of hydrogen-bond donors (Lipinski definition) is 1. The zero-order valence-electron chi connectivity index (χ0n) is 9.07. The van der Waals surface area contributed by atoms with Gasteiger partial charge in [-0.25, -0.2) is 9.13 Å². The Kier molecular flexibility index (Phi) is 5.36. The van der Waals surface area contributed by atoms with Gasteiger partial charge in [-0.2, -0.15) is 8.42 Å². The summed E-state index contributed by atoms with van der Waals surface area (Å²) in [6, 6.07) is 0. The molecule has 0 atom stereocenters. The van der Waals surface area contributed by atoms with E-state index in [2.05, 4.69) is 6.58 Å². The molecule has 0 aliphatic heterocycles. The Bertz CT molecular complexity index is 450. The normalized spacial score (nSPS) is 10.9. The Balaban J connectivity index is 0.00000225. The van der Waals surface area contributed by atoms with Crippen LogP contribution in [0.1, 0.15) is 12.2 Å². The van der Waals surface area contributed by atoms with Crippen LogP contribution in [0.5, 0.6) is 0 Å². The number of rotatable bonds is 5. The van der Waals surface area contributed by atoms with Crippen LogP contribution in [0.3, 0.4) is 0 Å². The summed E-state index contributed by atoms with van der Waals surface area (Å²) in [5, 5.41) is 0. The molecule has 0 bridgehead atoms. The number of hydrogen-bond acceptors (Lipinski definition) is 3. The van der Waals surface area contributed by atoms with Crippen molar-refractivity contribution < 1.29 is 23.0 Å². The van der Waals surface area contributed by atoms with Crippen molar-refractivity contribution in [1.29, 1.82) is 0 Å². The highest BCUT2D eigenvalue weighted by Gasteiger charge is 2.11. The van der Waals surface area contributed by atoms with Crippen LogP contribution in [-0.4, -0.2) is 28.8 Å². The molecule has 0 saturated carbocycles. The van der Waals surface area contributed by atoms with Crippen LogP contribution in [-0.2, 0) is 16.7 Å².